The van der Waals surface area contributed by atoms with Crippen molar-refractivity contribution < 1.29 is 0 Å². The van der Waals surface area contributed by atoms with E-state index >= 15 is 0 Å². The maximum absolute atomic E-state index is 5.77. The van der Waals surface area contributed by atoms with Crippen LogP contribution in [0.1, 0.15) is 36.4 Å². The molecule has 0 radical (unpaired) electrons. The number of rotatable bonds is 4. The number of nitrogens with two attached hydrogens (primary N) is 1. The molecule has 0 fully saturated rings. The summed E-state index contributed by atoms with van der Waals surface area (Å²) in [6.45, 7) is 8.18. The topological polar surface area (TPSA) is 69.6 Å². The van der Waals surface area contributed by atoms with Gasteiger partial charge in [-0.25, -0.2) is 14.6 Å². The van der Waals surface area contributed by atoms with Gasteiger partial charge in [0, 0.05) is 24.1 Å². The van der Waals surface area contributed by atoms with Crippen molar-refractivity contribution in [2.24, 2.45) is 5.73 Å². The fraction of sp³-hybridized carbons (Fsp3) is 0.500. The Hall–Kier alpha value is -1.75. The maximum atomic E-state index is 5.77. The second-order valence-corrected chi connectivity index (χ2v) is 4.99. The second kappa shape index (κ2) is 5.48. The number of aryl methyl sites for hydroxylation is 1. The number of hydrogen-bond acceptors (Lipinski definition) is 4. The highest BCUT2D eigenvalue weighted by Crippen LogP contribution is 2.16. The van der Waals surface area contributed by atoms with Gasteiger partial charge < -0.3 is 5.73 Å². The smallest absolute Gasteiger partial charge is 0.250 e. The summed E-state index contributed by atoms with van der Waals surface area (Å²) >= 11 is 0. The SMILES string of the molecule is CCc1c(C)nn(-c2ncc(CC(C)N)cn2)c1C. The first-order chi connectivity index (χ1) is 9.02. The summed E-state index contributed by atoms with van der Waals surface area (Å²) in [6.07, 6.45) is 5.42. The van der Waals surface area contributed by atoms with Crippen LogP contribution in [0.3, 0.4) is 0 Å². The lowest BCUT2D eigenvalue weighted by Crippen LogP contribution is -2.18. The van der Waals surface area contributed by atoms with Crippen LogP contribution in [0.4, 0.5) is 0 Å². The summed E-state index contributed by atoms with van der Waals surface area (Å²) in [7, 11) is 0. The van der Waals surface area contributed by atoms with Crippen molar-refractivity contribution >= 4 is 0 Å². The van der Waals surface area contributed by atoms with Gasteiger partial charge in [-0.2, -0.15) is 5.10 Å². The van der Waals surface area contributed by atoms with Gasteiger partial charge in [0.1, 0.15) is 0 Å². The van der Waals surface area contributed by atoms with Gasteiger partial charge in [-0.05, 0) is 44.7 Å². The van der Waals surface area contributed by atoms with Crippen molar-refractivity contribution in [3.05, 3.63) is 34.9 Å². The lowest BCUT2D eigenvalue weighted by molar-refractivity contribution is 0.722. The Balaban J connectivity index is 2.32. The average Bonchev–Trinajstić information content (AvgIpc) is 2.64. The van der Waals surface area contributed by atoms with Crippen LogP contribution in [-0.4, -0.2) is 25.8 Å². The molecule has 2 aromatic heterocycles. The molecule has 2 heterocycles. The molecule has 1 atom stereocenters. The monoisotopic (exact) mass is 259 g/mol. The van der Waals surface area contributed by atoms with Gasteiger partial charge in [0.25, 0.3) is 5.95 Å². The Labute approximate surface area is 113 Å². The lowest BCUT2D eigenvalue weighted by Gasteiger charge is -2.06. The third-order valence-corrected chi connectivity index (χ3v) is 3.23. The van der Waals surface area contributed by atoms with Gasteiger partial charge in [-0.15, -0.1) is 0 Å². The van der Waals surface area contributed by atoms with Crippen molar-refractivity contribution in [3.63, 3.8) is 0 Å². The van der Waals surface area contributed by atoms with Crippen molar-refractivity contribution in [2.45, 2.75) is 46.6 Å². The summed E-state index contributed by atoms with van der Waals surface area (Å²) in [5, 5.41) is 4.51. The fourth-order valence-electron chi connectivity index (χ4n) is 2.32. The standard InChI is InChI=1S/C14H21N5/c1-5-13-10(3)18-19(11(13)4)14-16-7-12(8-17-14)6-9(2)15/h7-9H,5-6,15H2,1-4H3. The van der Waals surface area contributed by atoms with E-state index < -0.39 is 0 Å². The molecule has 0 saturated carbocycles. The van der Waals surface area contributed by atoms with Gasteiger partial charge in [0.2, 0.25) is 0 Å². The molecule has 0 aliphatic rings. The zero-order valence-corrected chi connectivity index (χ0v) is 12.0. The third-order valence-electron chi connectivity index (χ3n) is 3.23. The van der Waals surface area contributed by atoms with E-state index in [1.165, 1.54) is 5.56 Å². The van der Waals surface area contributed by atoms with E-state index in [-0.39, 0.29) is 6.04 Å². The van der Waals surface area contributed by atoms with Gasteiger partial charge in [-0.1, -0.05) is 6.92 Å². The Kier molecular flexibility index (Phi) is 3.95. The van der Waals surface area contributed by atoms with Crippen LogP contribution in [0.15, 0.2) is 12.4 Å². The molecule has 5 heteroatoms. The highest BCUT2D eigenvalue weighted by molar-refractivity contribution is 5.29. The molecule has 0 aliphatic heterocycles. The summed E-state index contributed by atoms with van der Waals surface area (Å²) in [6, 6.07) is 0.120. The van der Waals surface area contributed by atoms with Crippen molar-refractivity contribution in [3.8, 4) is 5.95 Å². The van der Waals surface area contributed by atoms with E-state index in [0.717, 1.165) is 29.8 Å². The van der Waals surface area contributed by atoms with Gasteiger partial charge in [0.05, 0.1) is 5.69 Å². The van der Waals surface area contributed by atoms with E-state index in [1.54, 1.807) is 0 Å². The number of nitrogens with zero attached hydrogens (tertiary/aromatic N) is 4. The zero-order chi connectivity index (χ0) is 14.0. The molecule has 0 amide bonds. The van der Waals surface area contributed by atoms with Crippen LogP contribution in [0, 0.1) is 13.8 Å². The maximum Gasteiger partial charge on any atom is 0.250 e. The van der Waals surface area contributed by atoms with Crippen molar-refractivity contribution in [2.75, 3.05) is 0 Å². The molecule has 0 aromatic carbocycles. The predicted octanol–water partition coefficient (Wildman–Crippen LogP) is 1.73. The zero-order valence-electron chi connectivity index (χ0n) is 12.0. The first-order valence-electron chi connectivity index (χ1n) is 6.64. The molecule has 0 spiro atoms. The summed E-state index contributed by atoms with van der Waals surface area (Å²) in [5.74, 6) is 0.619. The molecule has 2 rings (SSSR count). The van der Waals surface area contributed by atoms with Crippen LogP contribution in [-0.2, 0) is 12.8 Å². The summed E-state index contributed by atoms with van der Waals surface area (Å²) in [4.78, 5) is 8.77. The molecule has 1 unspecified atom stereocenters. The van der Waals surface area contributed by atoms with E-state index in [1.807, 2.05) is 30.9 Å². The fourth-order valence-corrected chi connectivity index (χ4v) is 2.32. The predicted molar refractivity (Wildman–Crippen MR) is 75.4 cm³/mol. The highest BCUT2D eigenvalue weighted by Gasteiger charge is 2.12. The van der Waals surface area contributed by atoms with Gasteiger partial charge >= 0.3 is 0 Å². The van der Waals surface area contributed by atoms with E-state index in [4.69, 9.17) is 5.73 Å². The first-order valence-corrected chi connectivity index (χ1v) is 6.64. The molecule has 102 valence electrons. The largest absolute Gasteiger partial charge is 0.328 e. The molecule has 0 aliphatic carbocycles. The van der Waals surface area contributed by atoms with Crippen LogP contribution in [0.2, 0.25) is 0 Å². The Morgan fingerprint density at radius 3 is 2.37 bits per heavy atom. The molecule has 0 saturated heterocycles. The van der Waals surface area contributed by atoms with Gasteiger partial charge in [0.15, 0.2) is 0 Å². The molecular weight excluding hydrogens is 238 g/mol. The Morgan fingerprint density at radius 2 is 1.89 bits per heavy atom. The third kappa shape index (κ3) is 2.81. The molecule has 5 nitrogen and oxygen atoms in total. The van der Waals surface area contributed by atoms with Gasteiger partial charge in [-0.3, -0.25) is 0 Å². The van der Waals surface area contributed by atoms with Crippen LogP contribution < -0.4 is 5.73 Å². The molecule has 2 N–H and O–H groups in total. The number of aromatic nitrogens is 4. The first kappa shape index (κ1) is 13.7. The summed E-state index contributed by atoms with van der Waals surface area (Å²) < 4.78 is 1.81. The molecule has 19 heavy (non-hydrogen) atoms. The number of hydrogen-bond donors (Lipinski definition) is 1. The Bertz CT molecular complexity index is 554. The minimum absolute atomic E-state index is 0.120. The van der Waals surface area contributed by atoms with Crippen molar-refractivity contribution in [1.29, 1.82) is 0 Å². The normalized spacial score (nSPS) is 12.7. The van der Waals surface area contributed by atoms with Crippen LogP contribution >= 0.6 is 0 Å². The summed E-state index contributed by atoms with van der Waals surface area (Å²) in [5.41, 5.74) is 10.2. The minimum atomic E-state index is 0.120. The van der Waals surface area contributed by atoms with Crippen LogP contribution in [0.5, 0.6) is 0 Å². The molecule has 0 bridgehead atoms. The lowest BCUT2D eigenvalue weighted by atomic mass is 10.1. The van der Waals surface area contributed by atoms with E-state index in [2.05, 4.69) is 28.9 Å². The second-order valence-electron chi connectivity index (χ2n) is 4.99. The highest BCUT2D eigenvalue weighted by atomic mass is 15.4. The van der Waals surface area contributed by atoms with Crippen molar-refractivity contribution in [1.82, 2.24) is 19.7 Å². The molecular formula is C14H21N5. The molecule has 2 aromatic rings. The average molecular weight is 259 g/mol. The van der Waals surface area contributed by atoms with Crippen LogP contribution in [0.25, 0.3) is 5.95 Å². The van der Waals surface area contributed by atoms with E-state index in [9.17, 15) is 0 Å². The van der Waals surface area contributed by atoms with E-state index in [0.29, 0.717) is 5.95 Å². The minimum Gasteiger partial charge on any atom is -0.328 e. The quantitative estimate of drug-likeness (QED) is 0.908. The Morgan fingerprint density at radius 1 is 1.26 bits per heavy atom.